The van der Waals surface area contributed by atoms with Crippen molar-refractivity contribution >= 4 is 26.6 Å². The van der Waals surface area contributed by atoms with E-state index in [2.05, 4.69) is 9.71 Å². The molecule has 0 aliphatic heterocycles. The lowest BCUT2D eigenvalue weighted by Gasteiger charge is -2.09. The Morgan fingerprint density at radius 2 is 1.73 bits per heavy atom. The fraction of sp³-hybridized carbons (Fsp3) is 0.0667. The van der Waals surface area contributed by atoms with Crippen LogP contribution in [0.2, 0.25) is 0 Å². The van der Waals surface area contributed by atoms with Gasteiger partial charge in [-0.3, -0.25) is 4.72 Å². The van der Waals surface area contributed by atoms with Crippen LogP contribution in [0.15, 0.2) is 57.7 Å². The van der Waals surface area contributed by atoms with Crippen LogP contribution in [-0.2, 0) is 10.0 Å². The lowest BCUT2D eigenvalue weighted by Crippen LogP contribution is -2.11. The molecule has 7 heteroatoms. The van der Waals surface area contributed by atoms with Crippen molar-refractivity contribution in [3.05, 3.63) is 59.0 Å². The fourth-order valence-corrected chi connectivity index (χ4v) is 2.67. The Bertz CT molecular complexity index is 1010. The molecule has 0 atom stereocenters. The molecule has 0 fully saturated rings. The summed E-state index contributed by atoms with van der Waals surface area (Å²) in [6, 6.07) is 13.4. The van der Waals surface area contributed by atoms with E-state index in [1.165, 1.54) is 0 Å². The van der Waals surface area contributed by atoms with Gasteiger partial charge in [-0.05, 0) is 24.3 Å². The number of benzene rings is 2. The maximum absolute atomic E-state index is 12.0. The molecule has 3 rings (SSSR count). The Morgan fingerprint density at radius 3 is 2.50 bits per heavy atom. The van der Waals surface area contributed by atoms with Crippen molar-refractivity contribution in [2.24, 2.45) is 0 Å². The van der Waals surface area contributed by atoms with Gasteiger partial charge in [0.1, 0.15) is 0 Å². The summed E-state index contributed by atoms with van der Waals surface area (Å²) >= 11 is 0. The topological polar surface area (TPSA) is 89.3 Å². The number of anilines is 1. The standard InChI is InChI=1S/C15H12N2O4S/c1-22(19,20)17-13-9-5-2-6-10(13)14-16-12-8-4-3-7-11(12)15(18)21-14/h2-9,17H,1H3. The van der Waals surface area contributed by atoms with Crippen LogP contribution >= 0.6 is 0 Å². The summed E-state index contributed by atoms with van der Waals surface area (Å²) in [5.74, 6) is 0.0652. The van der Waals surface area contributed by atoms with Gasteiger partial charge in [-0.1, -0.05) is 24.3 Å². The van der Waals surface area contributed by atoms with E-state index in [4.69, 9.17) is 4.42 Å². The molecule has 6 nitrogen and oxygen atoms in total. The number of fused-ring (bicyclic) bond motifs is 1. The zero-order valence-corrected chi connectivity index (χ0v) is 12.4. The maximum Gasteiger partial charge on any atom is 0.347 e. The molecule has 0 aliphatic carbocycles. The van der Waals surface area contributed by atoms with Crippen molar-refractivity contribution in [2.75, 3.05) is 11.0 Å². The minimum atomic E-state index is -3.46. The van der Waals surface area contributed by atoms with Crippen LogP contribution in [0.3, 0.4) is 0 Å². The number of hydrogen-bond donors (Lipinski definition) is 1. The van der Waals surface area contributed by atoms with Crippen molar-refractivity contribution in [3.63, 3.8) is 0 Å². The molecule has 0 unspecified atom stereocenters. The third-order valence-corrected chi connectivity index (χ3v) is 3.58. The van der Waals surface area contributed by atoms with E-state index in [1.807, 2.05) is 0 Å². The molecule has 1 heterocycles. The van der Waals surface area contributed by atoms with Crippen LogP contribution in [0.25, 0.3) is 22.4 Å². The molecule has 2 aromatic carbocycles. The number of nitrogens with one attached hydrogen (secondary N) is 1. The lowest BCUT2D eigenvalue weighted by molar-refractivity contribution is 0.518. The highest BCUT2D eigenvalue weighted by Gasteiger charge is 2.14. The highest BCUT2D eigenvalue weighted by Crippen LogP contribution is 2.27. The minimum Gasteiger partial charge on any atom is -0.403 e. The van der Waals surface area contributed by atoms with Gasteiger partial charge in [-0.15, -0.1) is 0 Å². The summed E-state index contributed by atoms with van der Waals surface area (Å²) in [6.07, 6.45) is 1.05. The molecule has 0 saturated heterocycles. The average Bonchev–Trinajstić information content (AvgIpc) is 2.46. The summed E-state index contributed by atoms with van der Waals surface area (Å²) in [5, 5.41) is 0.375. The highest BCUT2D eigenvalue weighted by molar-refractivity contribution is 7.92. The largest absolute Gasteiger partial charge is 0.403 e. The van der Waals surface area contributed by atoms with Gasteiger partial charge in [-0.2, -0.15) is 0 Å². The molecule has 22 heavy (non-hydrogen) atoms. The van der Waals surface area contributed by atoms with Gasteiger partial charge in [0.05, 0.1) is 28.4 Å². The zero-order valence-electron chi connectivity index (χ0n) is 11.6. The number of sulfonamides is 1. The van der Waals surface area contributed by atoms with Crippen molar-refractivity contribution in [3.8, 4) is 11.5 Å². The molecule has 0 spiro atoms. The van der Waals surface area contributed by atoms with Crippen LogP contribution in [0.4, 0.5) is 5.69 Å². The molecule has 1 aromatic heterocycles. The number of nitrogens with zero attached hydrogens (tertiary/aromatic N) is 1. The smallest absolute Gasteiger partial charge is 0.347 e. The Kier molecular flexibility index (Phi) is 3.42. The second-order valence-corrected chi connectivity index (χ2v) is 6.49. The molecule has 0 amide bonds. The first-order chi connectivity index (χ1) is 10.4. The molecule has 112 valence electrons. The molecular formula is C15H12N2O4S. The number of hydrogen-bond acceptors (Lipinski definition) is 5. The minimum absolute atomic E-state index is 0.0652. The fourth-order valence-electron chi connectivity index (χ4n) is 2.09. The van der Waals surface area contributed by atoms with Crippen molar-refractivity contribution in [1.29, 1.82) is 0 Å². The van der Waals surface area contributed by atoms with Crippen LogP contribution in [-0.4, -0.2) is 19.7 Å². The highest BCUT2D eigenvalue weighted by atomic mass is 32.2. The summed E-state index contributed by atoms with van der Waals surface area (Å²) in [5.41, 5.74) is 0.671. The average molecular weight is 316 g/mol. The normalized spacial score (nSPS) is 11.5. The first-order valence-electron chi connectivity index (χ1n) is 6.41. The predicted octanol–water partition coefficient (Wildman–Crippen LogP) is 2.23. The van der Waals surface area contributed by atoms with Gasteiger partial charge in [-0.25, -0.2) is 18.2 Å². The maximum atomic E-state index is 12.0. The molecule has 0 aliphatic rings. The van der Waals surface area contributed by atoms with Crippen LogP contribution in [0.5, 0.6) is 0 Å². The van der Waals surface area contributed by atoms with Crippen molar-refractivity contribution in [1.82, 2.24) is 4.98 Å². The quantitative estimate of drug-likeness (QED) is 0.800. The SMILES string of the molecule is CS(=O)(=O)Nc1ccccc1-c1nc2ccccc2c(=O)o1. The van der Waals surface area contributed by atoms with E-state index in [1.54, 1.807) is 48.5 Å². The van der Waals surface area contributed by atoms with Crippen LogP contribution < -0.4 is 10.3 Å². The Labute approximate surface area is 126 Å². The number of aromatic nitrogens is 1. The van der Waals surface area contributed by atoms with Crippen molar-refractivity contribution < 1.29 is 12.8 Å². The first-order valence-corrected chi connectivity index (χ1v) is 8.30. The lowest BCUT2D eigenvalue weighted by atomic mass is 10.1. The van der Waals surface area contributed by atoms with Crippen molar-refractivity contribution in [2.45, 2.75) is 0 Å². The number of para-hydroxylation sites is 2. The summed E-state index contributed by atoms with van der Waals surface area (Å²) < 4.78 is 30.5. The molecule has 0 saturated carbocycles. The second-order valence-electron chi connectivity index (χ2n) is 4.74. The van der Waals surface area contributed by atoms with Gasteiger partial charge in [0.25, 0.3) is 0 Å². The molecule has 0 bridgehead atoms. The third kappa shape index (κ3) is 2.84. The Morgan fingerprint density at radius 1 is 1.05 bits per heavy atom. The second kappa shape index (κ2) is 5.27. The van der Waals surface area contributed by atoms with Gasteiger partial charge in [0.2, 0.25) is 15.9 Å². The van der Waals surface area contributed by atoms with Gasteiger partial charge in [0.15, 0.2) is 0 Å². The number of rotatable bonds is 3. The predicted molar refractivity (Wildman–Crippen MR) is 84.2 cm³/mol. The Balaban J connectivity index is 2.22. The zero-order chi connectivity index (χ0) is 15.7. The molecule has 0 radical (unpaired) electrons. The molecule has 1 N–H and O–H groups in total. The van der Waals surface area contributed by atoms with Crippen LogP contribution in [0, 0.1) is 0 Å². The van der Waals surface area contributed by atoms with Crippen LogP contribution in [0.1, 0.15) is 0 Å². The first kappa shape index (κ1) is 14.3. The summed E-state index contributed by atoms with van der Waals surface area (Å²) in [4.78, 5) is 16.3. The van der Waals surface area contributed by atoms with Gasteiger partial charge < -0.3 is 4.42 Å². The third-order valence-electron chi connectivity index (χ3n) is 2.99. The van der Waals surface area contributed by atoms with E-state index in [9.17, 15) is 13.2 Å². The van der Waals surface area contributed by atoms with E-state index in [0.29, 0.717) is 22.2 Å². The van der Waals surface area contributed by atoms with E-state index >= 15 is 0 Å². The summed E-state index contributed by atoms with van der Waals surface area (Å²) in [6.45, 7) is 0. The molecule has 3 aromatic rings. The monoisotopic (exact) mass is 316 g/mol. The van der Waals surface area contributed by atoms with E-state index < -0.39 is 15.6 Å². The van der Waals surface area contributed by atoms with Gasteiger partial charge >= 0.3 is 5.63 Å². The summed E-state index contributed by atoms with van der Waals surface area (Å²) in [7, 11) is -3.46. The Hall–Kier alpha value is -2.67. The van der Waals surface area contributed by atoms with E-state index in [-0.39, 0.29) is 5.89 Å². The van der Waals surface area contributed by atoms with Gasteiger partial charge in [0, 0.05) is 0 Å². The van der Waals surface area contributed by atoms with E-state index in [0.717, 1.165) is 6.26 Å². The molecular weight excluding hydrogens is 304 g/mol.